The predicted molar refractivity (Wildman–Crippen MR) is 105 cm³/mol. The lowest BCUT2D eigenvalue weighted by atomic mass is 10.1. The summed E-state index contributed by atoms with van der Waals surface area (Å²) in [6, 6.07) is 10.9. The molecule has 0 saturated heterocycles. The lowest BCUT2D eigenvalue weighted by Crippen LogP contribution is -2.32. The molecule has 0 N–H and O–H groups in total. The third-order valence-corrected chi connectivity index (χ3v) is 4.93. The average Bonchev–Trinajstić information content (AvgIpc) is 3.16. The van der Waals surface area contributed by atoms with E-state index in [0.717, 1.165) is 16.8 Å². The van der Waals surface area contributed by atoms with Gasteiger partial charge in [-0.25, -0.2) is 4.79 Å². The van der Waals surface area contributed by atoms with Crippen molar-refractivity contribution in [3.8, 4) is 11.5 Å². The van der Waals surface area contributed by atoms with E-state index in [1.54, 1.807) is 23.1 Å². The molecule has 0 bridgehead atoms. The Balaban J connectivity index is 1.60. The number of rotatable bonds is 4. The van der Waals surface area contributed by atoms with E-state index in [4.69, 9.17) is 14.2 Å². The number of benzene rings is 2. The number of methoxy groups -OCH3 is 1. The topological polar surface area (TPSA) is 65.1 Å². The summed E-state index contributed by atoms with van der Waals surface area (Å²) in [6.45, 7) is 3.24. The Bertz CT molecular complexity index is 979. The van der Waals surface area contributed by atoms with Gasteiger partial charge in [-0.1, -0.05) is 12.1 Å². The summed E-state index contributed by atoms with van der Waals surface area (Å²) >= 11 is 0. The molecule has 28 heavy (non-hydrogen) atoms. The van der Waals surface area contributed by atoms with E-state index >= 15 is 0 Å². The third kappa shape index (κ3) is 3.11. The predicted octanol–water partition coefficient (Wildman–Crippen LogP) is 3.24. The molecule has 0 aliphatic carbocycles. The van der Waals surface area contributed by atoms with E-state index in [9.17, 15) is 9.59 Å². The SMILES string of the molecule is CCOc1cccc2c1OCC(C(=O)N1CCc3cc(C(=O)OC)ccc31)=C2. The molecule has 2 aromatic carbocycles. The second kappa shape index (κ2) is 7.38. The van der Waals surface area contributed by atoms with Gasteiger partial charge in [0.05, 0.1) is 24.9 Å². The molecule has 2 aliphatic rings. The second-order valence-corrected chi connectivity index (χ2v) is 6.61. The fourth-order valence-electron chi connectivity index (χ4n) is 3.60. The third-order valence-electron chi connectivity index (χ3n) is 4.93. The summed E-state index contributed by atoms with van der Waals surface area (Å²) in [4.78, 5) is 26.6. The number of amides is 1. The van der Waals surface area contributed by atoms with Gasteiger partial charge in [-0.3, -0.25) is 4.79 Å². The quantitative estimate of drug-likeness (QED) is 0.763. The highest BCUT2D eigenvalue weighted by Gasteiger charge is 2.29. The van der Waals surface area contributed by atoms with Gasteiger partial charge >= 0.3 is 5.97 Å². The van der Waals surface area contributed by atoms with Crippen molar-refractivity contribution in [3.63, 3.8) is 0 Å². The molecule has 0 atom stereocenters. The molecule has 0 unspecified atom stereocenters. The molecule has 0 spiro atoms. The van der Waals surface area contributed by atoms with Gasteiger partial charge in [0.25, 0.3) is 5.91 Å². The molecular formula is C22H21NO5. The number of carbonyl (C=O) groups is 2. The van der Waals surface area contributed by atoms with E-state index in [1.165, 1.54) is 7.11 Å². The largest absolute Gasteiger partial charge is 0.490 e. The summed E-state index contributed by atoms with van der Waals surface area (Å²) in [5.74, 6) is 0.893. The number of para-hydroxylation sites is 1. The van der Waals surface area contributed by atoms with Crippen LogP contribution >= 0.6 is 0 Å². The van der Waals surface area contributed by atoms with Crippen LogP contribution in [0.25, 0.3) is 6.08 Å². The van der Waals surface area contributed by atoms with Crippen LogP contribution in [0.3, 0.4) is 0 Å². The first-order valence-corrected chi connectivity index (χ1v) is 9.24. The van der Waals surface area contributed by atoms with E-state index in [0.29, 0.717) is 42.2 Å². The minimum atomic E-state index is -0.377. The molecule has 2 aliphatic heterocycles. The van der Waals surface area contributed by atoms with Crippen LogP contribution < -0.4 is 14.4 Å². The van der Waals surface area contributed by atoms with Crippen molar-refractivity contribution in [1.82, 2.24) is 0 Å². The summed E-state index contributed by atoms with van der Waals surface area (Å²) in [6.07, 6.45) is 2.57. The molecule has 1 amide bonds. The summed E-state index contributed by atoms with van der Waals surface area (Å²) in [7, 11) is 1.36. The Kier molecular flexibility index (Phi) is 4.77. The number of nitrogens with zero attached hydrogens (tertiary/aromatic N) is 1. The van der Waals surface area contributed by atoms with Gasteiger partial charge in [-0.15, -0.1) is 0 Å². The number of hydrogen-bond donors (Lipinski definition) is 0. The van der Waals surface area contributed by atoms with E-state index in [-0.39, 0.29) is 18.5 Å². The zero-order valence-electron chi connectivity index (χ0n) is 15.9. The first kappa shape index (κ1) is 18.1. The van der Waals surface area contributed by atoms with Crippen LogP contribution in [0.5, 0.6) is 11.5 Å². The molecule has 144 valence electrons. The lowest BCUT2D eigenvalue weighted by Gasteiger charge is -2.24. The normalized spacial score (nSPS) is 14.5. The minimum Gasteiger partial charge on any atom is -0.490 e. The monoisotopic (exact) mass is 379 g/mol. The molecule has 2 heterocycles. The van der Waals surface area contributed by atoms with Gasteiger partial charge in [-0.2, -0.15) is 0 Å². The Morgan fingerprint density at radius 2 is 2.07 bits per heavy atom. The van der Waals surface area contributed by atoms with Crippen molar-refractivity contribution in [2.45, 2.75) is 13.3 Å². The molecule has 0 saturated carbocycles. The Morgan fingerprint density at radius 1 is 1.21 bits per heavy atom. The van der Waals surface area contributed by atoms with Crippen molar-refractivity contribution < 1.29 is 23.8 Å². The van der Waals surface area contributed by atoms with Gasteiger partial charge in [0.15, 0.2) is 11.5 Å². The highest BCUT2D eigenvalue weighted by Crippen LogP contribution is 2.37. The first-order chi connectivity index (χ1) is 13.6. The van der Waals surface area contributed by atoms with E-state index in [1.807, 2.05) is 31.2 Å². The van der Waals surface area contributed by atoms with Crippen LogP contribution in [0.15, 0.2) is 42.0 Å². The fraction of sp³-hybridized carbons (Fsp3) is 0.273. The van der Waals surface area contributed by atoms with Crippen LogP contribution in [0.4, 0.5) is 5.69 Å². The summed E-state index contributed by atoms with van der Waals surface area (Å²) < 4.78 is 16.2. The van der Waals surface area contributed by atoms with Gasteiger partial charge in [0.2, 0.25) is 0 Å². The maximum absolute atomic E-state index is 13.1. The van der Waals surface area contributed by atoms with Crippen LogP contribution in [0.1, 0.15) is 28.4 Å². The van der Waals surface area contributed by atoms with Crippen molar-refractivity contribution in [2.24, 2.45) is 0 Å². The van der Waals surface area contributed by atoms with Crippen LogP contribution in [-0.4, -0.2) is 38.7 Å². The number of carbonyl (C=O) groups excluding carboxylic acids is 2. The Morgan fingerprint density at radius 3 is 2.86 bits per heavy atom. The summed E-state index contributed by atoms with van der Waals surface area (Å²) in [5, 5.41) is 0. The molecule has 4 rings (SSSR count). The smallest absolute Gasteiger partial charge is 0.337 e. The maximum atomic E-state index is 13.1. The fourth-order valence-corrected chi connectivity index (χ4v) is 3.60. The molecule has 0 radical (unpaired) electrons. The Hall–Kier alpha value is -3.28. The molecule has 6 heteroatoms. The average molecular weight is 379 g/mol. The van der Waals surface area contributed by atoms with Crippen molar-refractivity contribution in [2.75, 3.05) is 31.8 Å². The Labute approximate surface area is 163 Å². The maximum Gasteiger partial charge on any atom is 0.337 e. The van der Waals surface area contributed by atoms with Crippen molar-refractivity contribution in [3.05, 3.63) is 58.7 Å². The zero-order chi connectivity index (χ0) is 19.7. The molecule has 2 aromatic rings. The second-order valence-electron chi connectivity index (χ2n) is 6.61. The van der Waals surface area contributed by atoms with Crippen LogP contribution in [-0.2, 0) is 16.0 Å². The number of esters is 1. The number of fused-ring (bicyclic) bond motifs is 2. The first-order valence-electron chi connectivity index (χ1n) is 9.24. The highest BCUT2D eigenvalue weighted by atomic mass is 16.5. The van der Waals surface area contributed by atoms with E-state index in [2.05, 4.69) is 0 Å². The van der Waals surface area contributed by atoms with Crippen LogP contribution in [0.2, 0.25) is 0 Å². The summed E-state index contributed by atoms with van der Waals surface area (Å²) in [5.41, 5.74) is 3.71. The van der Waals surface area contributed by atoms with E-state index < -0.39 is 0 Å². The number of ether oxygens (including phenoxy) is 3. The van der Waals surface area contributed by atoms with Gasteiger partial charge in [0.1, 0.15) is 6.61 Å². The zero-order valence-corrected chi connectivity index (χ0v) is 15.9. The highest BCUT2D eigenvalue weighted by molar-refractivity contribution is 6.10. The molecule has 0 fully saturated rings. The number of hydrogen-bond acceptors (Lipinski definition) is 5. The minimum absolute atomic E-state index is 0.0861. The van der Waals surface area contributed by atoms with Gasteiger partial charge in [0, 0.05) is 17.8 Å². The van der Waals surface area contributed by atoms with Gasteiger partial charge < -0.3 is 19.1 Å². The number of anilines is 1. The standard InChI is InChI=1S/C22H21NO5/c1-3-27-19-6-4-5-15-12-17(13-28-20(15)19)21(24)23-10-9-14-11-16(22(25)26-2)7-8-18(14)23/h4-8,11-12H,3,9-10,13H2,1-2H3. The van der Waals surface area contributed by atoms with Crippen molar-refractivity contribution >= 4 is 23.6 Å². The molecular weight excluding hydrogens is 358 g/mol. The molecule has 6 nitrogen and oxygen atoms in total. The van der Waals surface area contributed by atoms with Gasteiger partial charge in [-0.05, 0) is 49.2 Å². The van der Waals surface area contributed by atoms with Crippen molar-refractivity contribution in [1.29, 1.82) is 0 Å². The molecule has 0 aromatic heterocycles. The lowest BCUT2D eigenvalue weighted by molar-refractivity contribution is -0.115. The van der Waals surface area contributed by atoms with Crippen LogP contribution in [0, 0.1) is 0 Å².